The molecule has 3 aliphatic rings. The zero-order valence-corrected chi connectivity index (χ0v) is 19.7. The van der Waals surface area contributed by atoms with Crippen LogP contribution in [0.1, 0.15) is 67.5 Å². The molecule has 0 spiro atoms. The van der Waals surface area contributed by atoms with Crippen LogP contribution in [0.5, 0.6) is 0 Å². The zero-order chi connectivity index (χ0) is 24.8. The third-order valence-electron chi connectivity index (χ3n) is 7.58. The Labute approximate surface area is 199 Å². The largest absolute Gasteiger partial charge is 0.458 e. The molecular formula is C26H25F2N3O4. The maximum atomic E-state index is 14.8. The van der Waals surface area contributed by atoms with E-state index in [1.165, 1.54) is 0 Å². The molecule has 6 rings (SSSR count). The fourth-order valence-electron chi connectivity index (χ4n) is 5.92. The van der Waals surface area contributed by atoms with Gasteiger partial charge in [-0.2, -0.15) is 0 Å². The summed E-state index contributed by atoms with van der Waals surface area (Å²) in [4.78, 5) is 30.6. The molecule has 35 heavy (non-hydrogen) atoms. The monoisotopic (exact) mass is 481 g/mol. The summed E-state index contributed by atoms with van der Waals surface area (Å²) in [5.41, 5.74) is 1.33. The van der Waals surface area contributed by atoms with Crippen LogP contribution in [0.25, 0.3) is 22.3 Å². The second kappa shape index (κ2) is 7.41. The predicted molar refractivity (Wildman–Crippen MR) is 124 cm³/mol. The number of aryl methyl sites for hydroxylation is 1. The fraction of sp³-hybridized carbons (Fsp3) is 0.423. The molecule has 1 unspecified atom stereocenters. The quantitative estimate of drug-likeness (QED) is 0.436. The second-order valence-electron chi connectivity index (χ2n) is 9.91. The first-order chi connectivity index (χ1) is 16.7. The lowest BCUT2D eigenvalue weighted by atomic mass is 9.82. The van der Waals surface area contributed by atoms with Gasteiger partial charge < -0.3 is 19.7 Å². The molecular weight excluding hydrogens is 456 g/mol. The number of pyridine rings is 2. The SMILES string of the molecule is CC[C@@]1(O)C(=O)OCc2c1cc1n(c2=O)Cc2c-1nc1cc(F)c(F)c3c1c2C(NC(C)C)CC3. The Balaban J connectivity index is 1.68. The van der Waals surface area contributed by atoms with Crippen molar-refractivity contribution in [1.82, 2.24) is 14.9 Å². The minimum atomic E-state index is -1.93. The van der Waals surface area contributed by atoms with Crippen molar-refractivity contribution in [3.8, 4) is 11.4 Å². The summed E-state index contributed by atoms with van der Waals surface area (Å²) in [7, 11) is 0. The van der Waals surface area contributed by atoms with E-state index < -0.39 is 23.2 Å². The van der Waals surface area contributed by atoms with E-state index in [9.17, 15) is 23.5 Å². The van der Waals surface area contributed by atoms with Gasteiger partial charge in [0.15, 0.2) is 17.2 Å². The molecule has 2 aromatic heterocycles. The first-order valence-corrected chi connectivity index (χ1v) is 11.9. The molecule has 0 bridgehead atoms. The Hall–Kier alpha value is -3.17. The number of nitrogens with zero attached hydrogens (tertiary/aromatic N) is 2. The molecule has 2 aliphatic heterocycles. The van der Waals surface area contributed by atoms with Crippen molar-refractivity contribution in [2.24, 2.45) is 0 Å². The van der Waals surface area contributed by atoms with E-state index in [1.807, 2.05) is 13.8 Å². The highest BCUT2D eigenvalue weighted by molar-refractivity contribution is 5.92. The Morgan fingerprint density at radius 1 is 1.26 bits per heavy atom. The van der Waals surface area contributed by atoms with Gasteiger partial charge in [-0.3, -0.25) is 4.79 Å². The van der Waals surface area contributed by atoms with Gasteiger partial charge in [0.1, 0.15) is 6.61 Å². The van der Waals surface area contributed by atoms with Crippen LogP contribution >= 0.6 is 0 Å². The van der Waals surface area contributed by atoms with Crippen molar-refractivity contribution in [3.63, 3.8) is 0 Å². The van der Waals surface area contributed by atoms with E-state index >= 15 is 0 Å². The summed E-state index contributed by atoms with van der Waals surface area (Å²) < 4.78 is 36.0. The number of benzene rings is 1. The number of nitrogens with one attached hydrogen (secondary N) is 1. The molecule has 0 saturated heterocycles. The number of fused-ring (bicyclic) bond motifs is 5. The van der Waals surface area contributed by atoms with E-state index in [0.29, 0.717) is 40.7 Å². The molecule has 9 heteroatoms. The van der Waals surface area contributed by atoms with Crippen LogP contribution in [-0.4, -0.2) is 26.7 Å². The summed E-state index contributed by atoms with van der Waals surface area (Å²) in [6, 6.07) is 2.76. The van der Waals surface area contributed by atoms with E-state index in [1.54, 1.807) is 17.6 Å². The third kappa shape index (κ3) is 2.91. The Morgan fingerprint density at radius 3 is 2.74 bits per heavy atom. The normalized spacial score (nSPS) is 22.3. The number of ether oxygens (including phenoxy) is 1. The average Bonchev–Trinajstić information content (AvgIpc) is 3.19. The summed E-state index contributed by atoms with van der Waals surface area (Å²) in [6.45, 7) is 5.69. The zero-order valence-electron chi connectivity index (χ0n) is 19.7. The van der Waals surface area contributed by atoms with E-state index in [4.69, 9.17) is 9.72 Å². The van der Waals surface area contributed by atoms with Gasteiger partial charge in [-0.15, -0.1) is 0 Å². The molecule has 2 atom stereocenters. The fourth-order valence-corrected chi connectivity index (χ4v) is 5.92. The van der Waals surface area contributed by atoms with Gasteiger partial charge in [-0.05, 0) is 30.9 Å². The van der Waals surface area contributed by atoms with Crippen molar-refractivity contribution in [3.05, 3.63) is 61.9 Å². The maximum absolute atomic E-state index is 14.8. The van der Waals surface area contributed by atoms with Crippen LogP contribution in [0.2, 0.25) is 0 Å². The van der Waals surface area contributed by atoms with Gasteiger partial charge in [0.05, 0.1) is 29.0 Å². The molecule has 3 aromatic rings. The number of halogens is 2. The van der Waals surface area contributed by atoms with Gasteiger partial charge in [0.2, 0.25) is 0 Å². The number of carbonyl (C=O) groups is 1. The van der Waals surface area contributed by atoms with Crippen LogP contribution in [0.15, 0.2) is 16.9 Å². The molecule has 2 N–H and O–H groups in total. The van der Waals surface area contributed by atoms with Crippen LogP contribution in [-0.2, 0) is 34.7 Å². The van der Waals surface area contributed by atoms with Crippen molar-refractivity contribution in [2.75, 3.05) is 0 Å². The maximum Gasteiger partial charge on any atom is 0.343 e. The second-order valence-corrected chi connectivity index (χ2v) is 9.91. The summed E-state index contributed by atoms with van der Waals surface area (Å²) in [5, 5.41) is 15.2. The molecule has 0 amide bonds. The molecule has 1 aliphatic carbocycles. The highest BCUT2D eigenvalue weighted by Gasteiger charge is 2.46. The molecule has 7 nitrogen and oxygen atoms in total. The number of esters is 1. The number of carbonyl (C=O) groups excluding carboxylic acids is 1. The summed E-state index contributed by atoms with van der Waals surface area (Å²) >= 11 is 0. The molecule has 1 aromatic carbocycles. The minimum absolute atomic E-state index is 0.0409. The average molecular weight is 481 g/mol. The van der Waals surface area contributed by atoms with Gasteiger partial charge >= 0.3 is 5.97 Å². The summed E-state index contributed by atoms with van der Waals surface area (Å²) in [6.07, 6.45) is 0.998. The van der Waals surface area contributed by atoms with Gasteiger partial charge in [0, 0.05) is 40.2 Å². The van der Waals surface area contributed by atoms with Gasteiger partial charge in [0.25, 0.3) is 5.56 Å². The van der Waals surface area contributed by atoms with Crippen LogP contribution in [0.3, 0.4) is 0 Å². The lowest BCUT2D eigenvalue weighted by molar-refractivity contribution is -0.172. The van der Waals surface area contributed by atoms with Crippen LogP contribution < -0.4 is 10.9 Å². The van der Waals surface area contributed by atoms with Crippen molar-refractivity contribution < 1.29 is 23.4 Å². The molecule has 0 radical (unpaired) electrons. The first-order valence-electron chi connectivity index (χ1n) is 11.9. The highest BCUT2D eigenvalue weighted by atomic mass is 19.2. The predicted octanol–water partition coefficient (Wildman–Crippen LogP) is 3.34. The summed E-state index contributed by atoms with van der Waals surface area (Å²) in [5.74, 6) is -2.60. The smallest absolute Gasteiger partial charge is 0.343 e. The van der Waals surface area contributed by atoms with Crippen molar-refractivity contribution in [2.45, 2.75) is 70.9 Å². The number of hydrogen-bond donors (Lipinski definition) is 2. The lowest BCUT2D eigenvalue weighted by Gasteiger charge is -2.31. The number of aliphatic hydroxyl groups is 1. The lowest BCUT2D eigenvalue weighted by Crippen LogP contribution is -2.44. The molecule has 0 fully saturated rings. The Morgan fingerprint density at radius 2 is 2.03 bits per heavy atom. The van der Waals surface area contributed by atoms with Gasteiger partial charge in [-0.25, -0.2) is 18.6 Å². The Kier molecular flexibility index (Phi) is 4.72. The Bertz CT molecular complexity index is 1510. The number of hydrogen-bond acceptors (Lipinski definition) is 6. The minimum Gasteiger partial charge on any atom is -0.458 e. The standard InChI is InChI=1S/C26H25F2N3O4/c1-4-26(34)15-7-19-23-13(9-31(19)24(32)14(15)10-35-25(26)33)21-17(29-11(2)3)6-5-12-20(21)18(30-23)8-16(27)22(12)28/h7-8,11,17,29,34H,4-6,9-10H2,1-3H3/t17?,26-/m0/s1. The number of cyclic esters (lactones) is 1. The van der Waals surface area contributed by atoms with Crippen molar-refractivity contribution >= 4 is 16.9 Å². The van der Waals surface area contributed by atoms with E-state index in [0.717, 1.165) is 17.2 Å². The first kappa shape index (κ1) is 22.3. The van der Waals surface area contributed by atoms with E-state index in [-0.39, 0.29) is 48.3 Å². The van der Waals surface area contributed by atoms with Crippen LogP contribution in [0.4, 0.5) is 8.78 Å². The molecule has 0 saturated carbocycles. The third-order valence-corrected chi connectivity index (χ3v) is 7.58. The van der Waals surface area contributed by atoms with Crippen LogP contribution in [0, 0.1) is 11.6 Å². The molecule has 182 valence electrons. The van der Waals surface area contributed by atoms with E-state index in [2.05, 4.69) is 5.32 Å². The highest BCUT2D eigenvalue weighted by Crippen LogP contribution is 2.45. The van der Waals surface area contributed by atoms with Gasteiger partial charge in [-0.1, -0.05) is 20.8 Å². The molecule has 4 heterocycles. The number of aromatic nitrogens is 2. The number of rotatable bonds is 3. The van der Waals surface area contributed by atoms with Crippen molar-refractivity contribution in [1.29, 1.82) is 0 Å². The topological polar surface area (TPSA) is 93.5 Å².